The lowest BCUT2D eigenvalue weighted by atomic mass is 10.1. The van der Waals surface area contributed by atoms with Crippen molar-refractivity contribution in [3.8, 4) is 5.75 Å². The SMILES string of the molecule is COc1ccc(NC(=O)CSc2nc(CC(=O)Nc3ccc(C)c(C)c3)cs2)cc1. The molecule has 6 nitrogen and oxygen atoms in total. The Morgan fingerprint density at radius 2 is 1.70 bits per heavy atom. The van der Waals surface area contributed by atoms with Gasteiger partial charge >= 0.3 is 0 Å². The maximum Gasteiger partial charge on any atom is 0.234 e. The van der Waals surface area contributed by atoms with E-state index in [1.54, 1.807) is 31.4 Å². The van der Waals surface area contributed by atoms with Crippen LogP contribution in [0.15, 0.2) is 52.2 Å². The van der Waals surface area contributed by atoms with Crippen LogP contribution in [0.2, 0.25) is 0 Å². The molecule has 0 atom stereocenters. The highest BCUT2D eigenvalue weighted by Crippen LogP contribution is 2.24. The number of thioether (sulfide) groups is 1. The summed E-state index contributed by atoms with van der Waals surface area (Å²) >= 11 is 2.78. The smallest absolute Gasteiger partial charge is 0.234 e. The van der Waals surface area contributed by atoms with Gasteiger partial charge in [-0.1, -0.05) is 17.8 Å². The predicted molar refractivity (Wildman–Crippen MR) is 123 cm³/mol. The second-order valence-electron chi connectivity index (χ2n) is 6.69. The number of hydrogen-bond acceptors (Lipinski definition) is 6. The number of nitrogens with one attached hydrogen (secondary N) is 2. The first-order valence-electron chi connectivity index (χ1n) is 9.31. The monoisotopic (exact) mass is 441 g/mol. The van der Waals surface area contributed by atoms with Crippen molar-refractivity contribution in [3.63, 3.8) is 0 Å². The van der Waals surface area contributed by atoms with Crippen LogP contribution < -0.4 is 15.4 Å². The Morgan fingerprint density at radius 1 is 1.00 bits per heavy atom. The van der Waals surface area contributed by atoms with Gasteiger partial charge in [0.2, 0.25) is 11.8 Å². The van der Waals surface area contributed by atoms with E-state index in [9.17, 15) is 9.59 Å². The number of aryl methyl sites for hydroxylation is 2. The number of amides is 2. The molecular weight excluding hydrogens is 418 g/mol. The number of carbonyl (C=O) groups is 2. The third-order valence-corrected chi connectivity index (χ3v) is 6.43. The standard InChI is InChI=1S/C22H23N3O3S2/c1-14-4-5-17(10-15(14)2)24-20(26)11-18-12-29-22(25-18)30-13-21(27)23-16-6-8-19(28-3)9-7-16/h4-10,12H,11,13H2,1-3H3,(H,23,27)(H,24,26). The fourth-order valence-electron chi connectivity index (χ4n) is 2.62. The van der Waals surface area contributed by atoms with Crippen LogP contribution in [0.1, 0.15) is 16.8 Å². The third-order valence-electron chi connectivity index (χ3n) is 4.36. The predicted octanol–water partition coefficient (Wildman–Crippen LogP) is 4.68. The minimum Gasteiger partial charge on any atom is -0.497 e. The van der Waals surface area contributed by atoms with E-state index >= 15 is 0 Å². The first-order chi connectivity index (χ1) is 14.4. The lowest BCUT2D eigenvalue weighted by molar-refractivity contribution is -0.116. The summed E-state index contributed by atoms with van der Waals surface area (Å²) < 4.78 is 5.86. The van der Waals surface area contributed by atoms with E-state index in [0.717, 1.165) is 21.3 Å². The average Bonchev–Trinajstić information content (AvgIpc) is 3.17. The zero-order valence-corrected chi connectivity index (χ0v) is 18.7. The summed E-state index contributed by atoms with van der Waals surface area (Å²) in [5.74, 6) is 0.749. The van der Waals surface area contributed by atoms with Gasteiger partial charge < -0.3 is 15.4 Å². The molecule has 0 aliphatic carbocycles. The van der Waals surface area contributed by atoms with Crippen molar-refractivity contribution in [3.05, 3.63) is 64.7 Å². The van der Waals surface area contributed by atoms with Crippen molar-refractivity contribution in [1.82, 2.24) is 4.98 Å². The average molecular weight is 442 g/mol. The first kappa shape index (κ1) is 21.9. The summed E-state index contributed by atoms with van der Waals surface area (Å²) in [5, 5.41) is 7.59. The van der Waals surface area contributed by atoms with Gasteiger partial charge in [0.05, 0.1) is 25.0 Å². The Bertz CT molecular complexity index is 1030. The Kier molecular flexibility index (Phi) is 7.48. The van der Waals surface area contributed by atoms with Crippen LogP contribution in [0.25, 0.3) is 0 Å². The summed E-state index contributed by atoms with van der Waals surface area (Å²) in [6.07, 6.45) is 0.196. The van der Waals surface area contributed by atoms with Gasteiger partial charge in [0.15, 0.2) is 4.34 Å². The maximum absolute atomic E-state index is 12.3. The highest BCUT2D eigenvalue weighted by atomic mass is 32.2. The minimum absolute atomic E-state index is 0.114. The normalized spacial score (nSPS) is 10.5. The first-order valence-corrected chi connectivity index (χ1v) is 11.2. The van der Waals surface area contributed by atoms with E-state index in [1.807, 2.05) is 37.4 Å². The molecular formula is C22H23N3O3S2. The van der Waals surface area contributed by atoms with Crippen molar-refractivity contribution >= 4 is 46.3 Å². The quantitative estimate of drug-likeness (QED) is 0.496. The van der Waals surface area contributed by atoms with Crippen LogP contribution in [0.5, 0.6) is 5.75 Å². The number of thiazole rings is 1. The van der Waals surface area contributed by atoms with E-state index in [2.05, 4.69) is 15.6 Å². The lowest BCUT2D eigenvalue weighted by Crippen LogP contribution is -2.15. The number of benzene rings is 2. The Balaban J connectivity index is 1.46. The minimum atomic E-state index is -0.116. The van der Waals surface area contributed by atoms with Gasteiger partial charge in [-0.15, -0.1) is 11.3 Å². The van der Waals surface area contributed by atoms with Gasteiger partial charge in [0, 0.05) is 16.8 Å². The van der Waals surface area contributed by atoms with Crippen LogP contribution in [-0.4, -0.2) is 29.7 Å². The molecule has 3 rings (SSSR count). The summed E-state index contributed by atoms with van der Waals surface area (Å²) in [5.41, 5.74) is 4.50. The number of nitrogens with zero attached hydrogens (tertiary/aromatic N) is 1. The maximum atomic E-state index is 12.3. The van der Waals surface area contributed by atoms with E-state index in [4.69, 9.17) is 4.74 Å². The molecule has 0 bridgehead atoms. The molecule has 30 heavy (non-hydrogen) atoms. The molecule has 1 aromatic heterocycles. The molecule has 1 heterocycles. The molecule has 0 radical (unpaired) electrons. The zero-order valence-electron chi connectivity index (χ0n) is 17.0. The molecule has 156 valence electrons. The Hall–Kier alpha value is -2.84. The topological polar surface area (TPSA) is 80.3 Å². The van der Waals surface area contributed by atoms with Gasteiger partial charge in [0.25, 0.3) is 0 Å². The number of methoxy groups -OCH3 is 1. The van der Waals surface area contributed by atoms with Crippen molar-refractivity contribution < 1.29 is 14.3 Å². The molecule has 0 saturated heterocycles. The van der Waals surface area contributed by atoms with Crippen molar-refractivity contribution in [2.24, 2.45) is 0 Å². The number of anilines is 2. The molecule has 8 heteroatoms. The summed E-state index contributed by atoms with van der Waals surface area (Å²) in [7, 11) is 1.60. The number of ether oxygens (including phenoxy) is 1. The van der Waals surface area contributed by atoms with E-state index < -0.39 is 0 Å². The van der Waals surface area contributed by atoms with E-state index in [-0.39, 0.29) is 24.0 Å². The summed E-state index contributed by atoms with van der Waals surface area (Å²) in [4.78, 5) is 28.9. The van der Waals surface area contributed by atoms with E-state index in [1.165, 1.54) is 28.7 Å². The third kappa shape index (κ3) is 6.33. The van der Waals surface area contributed by atoms with Crippen LogP contribution in [0.3, 0.4) is 0 Å². The van der Waals surface area contributed by atoms with Gasteiger partial charge in [0.1, 0.15) is 5.75 Å². The number of aromatic nitrogens is 1. The van der Waals surface area contributed by atoms with Crippen LogP contribution in [0, 0.1) is 13.8 Å². The van der Waals surface area contributed by atoms with Crippen LogP contribution in [0.4, 0.5) is 11.4 Å². The van der Waals surface area contributed by atoms with Crippen molar-refractivity contribution in [2.75, 3.05) is 23.5 Å². The van der Waals surface area contributed by atoms with Crippen LogP contribution >= 0.6 is 23.1 Å². The second-order valence-corrected chi connectivity index (χ2v) is 8.77. The molecule has 0 fully saturated rings. The number of carbonyl (C=O) groups excluding carboxylic acids is 2. The molecule has 2 amide bonds. The largest absolute Gasteiger partial charge is 0.497 e. The molecule has 2 aromatic carbocycles. The van der Waals surface area contributed by atoms with Crippen molar-refractivity contribution in [2.45, 2.75) is 24.6 Å². The molecule has 0 spiro atoms. The number of hydrogen-bond donors (Lipinski definition) is 2. The summed E-state index contributed by atoms with van der Waals surface area (Å²) in [6.45, 7) is 4.05. The molecule has 0 saturated carbocycles. The fourth-order valence-corrected chi connectivity index (χ4v) is 4.27. The van der Waals surface area contributed by atoms with E-state index in [0.29, 0.717) is 11.4 Å². The number of rotatable bonds is 8. The Labute approximate surface area is 184 Å². The zero-order chi connectivity index (χ0) is 21.5. The van der Waals surface area contributed by atoms with Gasteiger partial charge in [-0.05, 0) is 61.4 Å². The second kappa shape index (κ2) is 10.3. The Morgan fingerprint density at radius 3 is 2.40 bits per heavy atom. The highest BCUT2D eigenvalue weighted by Gasteiger charge is 2.11. The van der Waals surface area contributed by atoms with Crippen molar-refractivity contribution in [1.29, 1.82) is 0 Å². The molecule has 2 N–H and O–H groups in total. The van der Waals surface area contributed by atoms with Gasteiger partial charge in [-0.2, -0.15) is 0 Å². The molecule has 0 aliphatic rings. The fraction of sp³-hybridized carbons (Fsp3) is 0.227. The lowest BCUT2D eigenvalue weighted by Gasteiger charge is -2.07. The molecule has 0 unspecified atom stereocenters. The van der Waals surface area contributed by atoms with Gasteiger partial charge in [-0.3, -0.25) is 9.59 Å². The summed E-state index contributed by atoms with van der Waals surface area (Å²) in [6, 6.07) is 13.0. The highest BCUT2D eigenvalue weighted by molar-refractivity contribution is 8.01. The van der Waals surface area contributed by atoms with Crippen LogP contribution in [-0.2, 0) is 16.0 Å². The van der Waals surface area contributed by atoms with Gasteiger partial charge in [-0.25, -0.2) is 4.98 Å². The molecule has 3 aromatic rings. The molecule has 0 aliphatic heterocycles.